The normalized spacial score (nSPS) is 11.9. The molecule has 0 saturated heterocycles. The average molecular weight is 331 g/mol. The molecule has 0 spiro atoms. The number of anilines is 1. The van der Waals surface area contributed by atoms with E-state index in [2.05, 4.69) is 15.6 Å². The number of methoxy groups -OCH3 is 1. The molecule has 1 aromatic heterocycles. The molecule has 1 atom stereocenters. The molecule has 6 nitrogen and oxygen atoms in total. The molecule has 1 heterocycles. The van der Waals surface area contributed by atoms with Crippen molar-refractivity contribution in [2.45, 2.75) is 13.0 Å². The second-order valence-corrected chi connectivity index (χ2v) is 5.56. The summed E-state index contributed by atoms with van der Waals surface area (Å²) < 4.78 is 5.06. The average Bonchev–Trinajstić information content (AvgIpc) is 3.06. The third-order valence-corrected chi connectivity index (χ3v) is 3.65. The lowest BCUT2D eigenvalue weighted by atomic mass is 10.2. The van der Waals surface area contributed by atoms with Gasteiger partial charge in [-0.25, -0.2) is 4.98 Å². The van der Waals surface area contributed by atoms with E-state index in [1.54, 1.807) is 31.7 Å². The molecule has 0 saturated carbocycles. The first kappa shape index (κ1) is 16.7. The highest BCUT2D eigenvalue weighted by Crippen LogP contribution is 2.12. The van der Waals surface area contributed by atoms with Crippen molar-refractivity contribution in [3.8, 4) is 5.75 Å². The van der Waals surface area contributed by atoms with Gasteiger partial charge in [0.1, 0.15) is 11.8 Å². The third kappa shape index (κ3) is 5.23. The highest BCUT2D eigenvalue weighted by Gasteiger charge is 2.15. The summed E-state index contributed by atoms with van der Waals surface area (Å²) in [6.07, 6.45) is 4.65. The number of hydrogen-bond acceptors (Lipinski definition) is 5. The molecular formula is C16H17N3O3S. The van der Waals surface area contributed by atoms with Gasteiger partial charge in [-0.2, -0.15) is 0 Å². The van der Waals surface area contributed by atoms with Crippen LogP contribution in [0.25, 0.3) is 6.08 Å². The lowest BCUT2D eigenvalue weighted by Gasteiger charge is -2.11. The van der Waals surface area contributed by atoms with Crippen molar-refractivity contribution in [2.75, 3.05) is 12.4 Å². The van der Waals surface area contributed by atoms with Gasteiger partial charge in [-0.3, -0.25) is 9.59 Å². The number of ether oxygens (including phenoxy) is 1. The molecule has 1 unspecified atom stereocenters. The standard InChI is InChI=1S/C16H17N3O3S/c1-11(15(21)19-16-17-9-10-23-16)18-14(20)8-5-12-3-6-13(22-2)7-4-12/h3-11H,1-2H3,(H,18,20)(H,17,19,21)/b8-5+. The molecule has 120 valence electrons. The maximum absolute atomic E-state index is 11.9. The van der Waals surface area contributed by atoms with Gasteiger partial charge in [0.15, 0.2) is 5.13 Å². The minimum Gasteiger partial charge on any atom is -0.497 e. The number of aromatic nitrogens is 1. The largest absolute Gasteiger partial charge is 0.497 e. The molecule has 0 fully saturated rings. The highest BCUT2D eigenvalue weighted by molar-refractivity contribution is 7.13. The van der Waals surface area contributed by atoms with Gasteiger partial charge >= 0.3 is 0 Å². The third-order valence-electron chi connectivity index (χ3n) is 2.96. The van der Waals surface area contributed by atoms with Gasteiger partial charge in [0.25, 0.3) is 0 Å². The Morgan fingerprint density at radius 2 is 2.04 bits per heavy atom. The number of amides is 2. The minimum atomic E-state index is -0.660. The fourth-order valence-corrected chi connectivity index (χ4v) is 2.24. The van der Waals surface area contributed by atoms with E-state index in [9.17, 15) is 9.59 Å². The summed E-state index contributed by atoms with van der Waals surface area (Å²) in [6, 6.07) is 6.62. The fraction of sp³-hybridized carbons (Fsp3) is 0.188. The predicted molar refractivity (Wildman–Crippen MR) is 90.4 cm³/mol. The van der Waals surface area contributed by atoms with E-state index in [1.165, 1.54) is 17.4 Å². The number of nitrogens with one attached hydrogen (secondary N) is 2. The Bertz CT molecular complexity index is 681. The fourth-order valence-electron chi connectivity index (χ4n) is 1.71. The molecule has 2 amide bonds. The molecule has 1 aromatic carbocycles. The SMILES string of the molecule is COc1ccc(/C=C/C(=O)NC(C)C(=O)Nc2nccs2)cc1. The van der Waals surface area contributed by atoms with Crippen LogP contribution < -0.4 is 15.4 Å². The maximum Gasteiger partial charge on any atom is 0.248 e. The molecule has 0 aliphatic carbocycles. The van der Waals surface area contributed by atoms with Crippen molar-refractivity contribution < 1.29 is 14.3 Å². The Kier molecular flexibility index (Phi) is 5.87. The number of hydrogen-bond donors (Lipinski definition) is 2. The van der Waals surface area contributed by atoms with Crippen LogP contribution in [0.2, 0.25) is 0 Å². The number of benzene rings is 1. The lowest BCUT2D eigenvalue weighted by molar-refractivity contribution is -0.123. The van der Waals surface area contributed by atoms with Crippen LogP contribution in [0, 0.1) is 0 Å². The van der Waals surface area contributed by atoms with Gasteiger partial charge in [-0.1, -0.05) is 12.1 Å². The quantitative estimate of drug-likeness (QED) is 0.796. The second kappa shape index (κ2) is 8.09. The monoisotopic (exact) mass is 331 g/mol. The van der Waals surface area contributed by atoms with E-state index < -0.39 is 6.04 Å². The van der Waals surface area contributed by atoms with Crippen molar-refractivity contribution in [3.63, 3.8) is 0 Å². The molecule has 7 heteroatoms. The Morgan fingerprint density at radius 3 is 2.65 bits per heavy atom. The predicted octanol–water partition coefficient (Wildman–Crippen LogP) is 2.31. The van der Waals surface area contributed by atoms with Gasteiger partial charge < -0.3 is 15.4 Å². The summed E-state index contributed by atoms with van der Waals surface area (Å²) in [5.74, 6) is 0.0906. The Morgan fingerprint density at radius 1 is 1.30 bits per heavy atom. The van der Waals surface area contributed by atoms with Crippen LogP contribution in [0.15, 0.2) is 41.9 Å². The molecule has 2 aromatic rings. The number of thiazole rings is 1. The van der Waals surface area contributed by atoms with Crippen molar-refractivity contribution in [2.24, 2.45) is 0 Å². The van der Waals surface area contributed by atoms with Crippen LogP contribution in [0.5, 0.6) is 5.75 Å². The summed E-state index contributed by atoms with van der Waals surface area (Å²) in [6.45, 7) is 1.61. The highest BCUT2D eigenvalue weighted by atomic mass is 32.1. The molecule has 23 heavy (non-hydrogen) atoms. The van der Waals surface area contributed by atoms with Crippen LogP contribution in [-0.2, 0) is 9.59 Å². The molecule has 0 aliphatic heterocycles. The number of carbonyl (C=O) groups is 2. The first-order valence-electron chi connectivity index (χ1n) is 6.91. The van der Waals surface area contributed by atoms with E-state index in [0.29, 0.717) is 5.13 Å². The van der Waals surface area contributed by atoms with E-state index in [1.807, 2.05) is 24.3 Å². The minimum absolute atomic E-state index is 0.314. The van der Waals surface area contributed by atoms with Crippen LogP contribution in [-0.4, -0.2) is 29.9 Å². The summed E-state index contributed by atoms with van der Waals surface area (Å²) in [7, 11) is 1.59. The van der Waals surface area contributed by atoms with Crippen LogP contribution >= 0.6 is 11.3 Å². The van der Waals surface area contributed by atoms with E-state index in [-0.39, 0.29) is 11.8 Å². The van der Waals surface area contributed by atoms with Crippen molar-refractivity contribution in [1.29, 1.82) is 0 Å². The smallest absolute Gasteiger partial charge is 0.248 e. The van der Waals surface area contributed by atoms with E-state index >= 15 is 0 Å². The molecule has 0 bridgehead atoms. The molecule has 2 N–H and O–H groups in total. The van der Waals surface area contributed by atoms with Gasteiger partial charge in [0.05, 0.1) is 7.11 Å². The van der Waals surface area contributed by atoms with Crippen molar-refractivity contribution in [3.05, 3.63) is 47.5 Å². The molecule has 0 radical (unpaired) electrons. The Balaban J connectivity index is 1.85. The van der Waals surface area contributed by atoms with Crippen molar-refractivity contribution >= 4 is 34.4 Å². The summed E-state index contributed by atoms with van der Waals surface area (Å²) in [5.41, 5.74) is 0.862. The Hall–Kier alpha value is -2.67. The second-order valence-electron chi connectivity index (χ2n) is 4.66. The molecule has 0 aliphatic rings. The maximum atomic E-state index is 11.9. The van der Waals surface area contributed by atoms with Gasteiger partial charge in [-0.15, -0.1) is 11.3 Å². The van der Waals surface area contributed by atoms with Gasteiger partial charge in [0.2, 0.25) is 11.8 Å². The zero-order chi connectivity index (χ0) is 16.7. The molecular weight excluding hydrogens is 314 g/mol. The topological polar surface area (TPSA) is 80.3 Å². The van der Waals surface area contributed by atoms with Gasteiger partial charge in [0, 0.05) is 17.7 Å². The first-order valence-corrected chi connectivity index (χ1v) is 7.79. The zero-order valence-electron chi connectivity index (χ0n) is 12.8. The number of rotatable bonds is 6. The van der Waals surface area contributed by atoms with Gasteiger partial charge in [-0.05, 0) is 30.7 Å². The number of carbonyl (C=O) groups excluding carboxylic acids is 2. The summed E-state index contributed by atoms with van der Waals surface area (Å²) in [5, 5.41) is 7.49. The van der Waals surface area contributed by atoms with E-state index in [0.717, 1.165) is 11.3 Å². The van der Waals surface area contributed by atoms with Crippen LogP contribution in [0.3, 0.4) is 0 Å². The first-order chi connectivity index (χ1) is 11.1. The molecule has 2 rings (SSSR count). The summed E-state index contributed by atoms with van der Waals surface area (Å²) in [4.78, 5) is 27.7. The van der Waals surface area contributed by atoms with Crippen LogP contribution in [0.1, 0.15) is 12.5 Å². The van der Waals surface area contributed by atoms with E-state index in [4.69, 9.17) is 4.74 Å². The zero-order valence-corrected chi connectivity index (χ0v) is 13.6. The summed E-state index contributed by atoms with van der Waals surface area (Å²) >= 11 is 1.32. The Labute approximate surface area is 138 Å². The van der Waals surface area contributed by atoms with Crippen molar-refractivity contribution in [1.82, 2.24) is 10.3 Å². The number of nitrogens with zero attached hydrogens (tertiary/aromatic N) is 1. The lowest BCUT2D eigenvalue weighted by Crippen LogP contribution is -2.40. The van der Waals surface area contributed by atoms with Crippen LogP contribution in [0.4, 0.5) is 5.13 Å².